The molecule has 2 aliphatic heterocycles. The number of aliphatic hydroxyl groups is 1. The van der Waals surface area contributed by atoms with Crippen molar-refractivity contribution in [1.29, 1.82) is 0 Å². The molecule has 0 aliphatic carbocycles. The maximum Gasteiger partial charge on any atom is 0.257 e. The average molecular weight is 356 g/mol. The first-order chi connectivity index (χ1) is 12.5. The predicted molar refractivity (Wildman–Crippen MR) is 94.6 cm³/mol. The second-order valence-corrected chi connectivity index (χ2v) is 7.39. The average Bonchev–Trinajstić information content (AvgIpc) is 3.08. The van der Waals surface area contributed by atoms with Gasteiger partial charge in [0.25, 0.3) is 5.91 Å². The number of hydrogen-bond donors (Lipinski definition) is 1. The van der Waals surface area contributed by atoms with Gasteiger partial charge in [-0.3, -0.25) is 9.78 Å². The van der Waals surface area contributed by atoms with Crippen molar-refractivity contribution in [2.24, 2.45) is 0 Å². The first-order valence-corrected chi connectivity index (χ1v) is 9.13. The maximum atomic E-state index is 12.7. The Morgan fingerprint density at radius 3 is 2.69 bits per heavy atom. The van der Waals surface area contributed by atoms with Gasteiger partial charge in [-0.25, -0.2) is 0 Å². The van der Waals surface area contributed by atoms with Crippen molar-refractivity contribution in [3.63, 3.8) is 0 Å². The minimum atomic E-state index is -0.965. The Hall–Kier alpha value is -2.18. The monoisotopic (exact) mass is 356 g/mol. The van der Waals surface area contributed by atoms with E-state index in [1.807, 2.05) is 23.1 Å². The van der Waals surface area contributed by atoms with E-state index in [9.17, 15) is 9.90 Å². The Morgan fingerprint density at radius 2 is 2.04 bits per heavy atom. The number of nitrogens with zero attached hydrogens (tertiary/aromatic N) is 2. The standard InChI is InChI=1S/C20H24N2O4/c1-15-16(5-12-25-15)18(23)22-10-6-19(7-11-22)14-20(24,8-13-26-19)17-4-2-3-9-21-17/h2-5,9,12,24H,6-8,10-11,13-14H2,1H3. The van der Waals surface area contributed by atoms with Crippen molar-refractivity contribution in [2.75, 3.05) is 19.7 Å². The van der Waals surface area contributed by atoms with Gasteiger partial charge in [0.2, 0.25) is 0 Å². The Labute approximate surface area is 152 Å². The first kappa shape index (κ1) is 17.2. The summed E-state index contributed by atoms with van der Waals surface area (Å²) in [6.07, 6.45) is 5.75. The van der Waals surface area contributed by atoms with Crippen molar-refractivity contribution in [2.45, 2.75) is 43.8 Å². The van der Waals surface area contributed by atoms with E-state index in [1.165, 1.54) is 0 Å². The number of ether oxygens (including phenoxy) is 1. The number of pyridine rings is 1. The van der Waals surface area contributed by atoms with Crippen LogP contribution < -0.4 is 0 Å². The first-order valence-electron chi connectivity index (χ1n) is 9.13. The smallest absolute Gasteiger partial charge is 0.257 e. The van der Waals surface area contributed by atoms with Crippen molar-refractivity contribution in [3.8, 4) is 0 Å². The van der Waals surface area contributed by atoms with Crippen LogP contribution >= 0.6 is 0 Å². The van der Waals surface area contributed by atoms with Gasteiger partial charge < -0.3 is 19.2 Å². The lowest BCUT2D eigenvalue weighted by molar-refractivity contribution is -0.181. The summed E-state index contributed by atoms with van der Waals surface area (Å²) in [5.41, 5.74) is -0.0368. The Balaban J connectivity index is 1.46. The molecule has 1 amide bonds. The maximum absolute atomic E-state index is 12.7. The molecule has 4 rings (SSSR count). The minimum Gasteiger partial charge on any atom is -0.469 e. The molecule has 1 unspecified atom stereocenters. The molecule has 2 saturated heterocycles. The number of hydrogen-bond acceptors (Lipinski definition) is 5. The van der Waals surface area contributed by atoms with Gasteiger partial charge in [-0.1, -0.05) is 6.07 Å². The molecule has 6 heteroatoms. The van der Waals surface area contributed by atoms with Crippen LogP contribution in [0.1, 0.15) is 47.5 Å². The number of amides is 1. The zero-order chi connectivity index (χ0) is 18.2. The van der Waals surface area contributed by atoms with Crippen LogP contribution in [0.3, 0.4) is 0 Å². The Kier molecular flexibility index (Phi) is 4.32. The number of likely N-dealkylation sites (tertiary alicyclic amines) is 1. The molecule has 0 aromatic carbocycles. The van der Waals surface area contributed by atoms with E-state index in [0.29, 0.717) is 62.4 Å². The number of carbonyl (C=O) groups is 1. The van der Waals surface area contributed by atoms with E-state index in [2.05, 4.69) is 4.98 Å². The number of aromatic nitrogens is 1. The molecule has 4 heterocycles. The predicted octanol–water partition coefficient (Wildman–Crippen LogP) is 2.66. The van der Waals surface area contributed by atoms with E-state index in [-0.39, 0.29) is 5.91 Å². The normalized spacial score (nSPS) is 25.4. The molecule has 0 saturated carbocycles. The molecule has 6 nitrogen and oxygen atoms in total. The highest BCUT2D eigenvalue weighted by Crippen LogP contribution is 2.43. The van der Waals surface area contributed by atoms with Crippen LogP contribution in [0.15, 0.2) is 41.1 Å². The Morgan fingerprint density at radius 1 is 1.23 bits per heavy atom. The van der Waals surface area contributed by atoms with Crippen LogP contribution in [0, 0.1) is 6.92 Å². The third kappa shape index (κ3) is 3.04. The lowest BCUT2D eigenvalue weighted by Gasteiger charge is -2.48. The molecule has 1 atom stereocenters. The summed E-state index contributed by atoms with van der Waals surface area (Å²) in [4.78, 5) is 18.9. The molecular weight excluding hydrogens is 332 g/mol. The quantitative estimate of drug-likeness (QED) is 0.895. The highest BCUT2D eigenvalue weighted by molar-refractivity contribution is 5.95. The van der Waals surface area contributed by atoms with Crippen molar-refractivity contribution >= 4 is 5.91 Å². The van der Waals surface area contributed by atoms with Crippen LogP contribution in [0.4, 0.5) is 0 Å². The van der Waals surface area contributed by atoms with E-state index < -0.39 is 11.2 Å². The van der Waals surface area contributed by atoms with Crippen LogP contribution in [-0.2, 0) is 10.3 Å². The van der Waals surface area contributed by atoms with Crippen LogP contribution in [0.25, 0.3) is 0 Å². The van der Waals surface area contributed by atoms with Gasteiger partial charge in [0.05, 0.1) is 29.7 Å². The Bertz CT molecular complexity index is 780. The van der Waals surface area contributed by atoms with Gasteiger partial charge in [-0.05, 0) is 38.0 Å². The number of piperidine rings is 1. The van der Waals surface area contributed by atoms with Gasteiger partial charge in [-0.2, -0.15) is 0 Å². The van der Waals surface area contributed by atoms with Crippen LogP contribution in [-0.4, -0.2) is 46.2 Å². The molecule has 2 aliphatic rings. The number of carbonyl (C=O) groups excluding carboxylic acids is 1. The summed E-state index contributed by atoms with van der Waals surface area (Å²) in [7, 11) is 0. The molecule has 138 valence electrons. The summed E-state index contributed by atoms with van der Waals surface area (Å²) in [5.74, 6) is 0.649. The second-order valence-electron chi connectivity index (χ2n) is 7.39. The van der Waals surface area contributed by atoms with Crippen LogP contribution in [0.2, 0.25) is 0 Å². The van der Waals surface area contributed by atoms with E-state index in [0.717, 1.165) is 0 Å². The second kappa shape index (κ2) is 6.52. The number of rotatable bonds is 2. The molecule has 2 aromatic rings. The third-order valence-corrected chi connectivity index (χ3v) is 5.73. The number of furan rings is 1. The fourth-order valence-corrected chi connectivity index (χ4v) is 4.18. The van der Waals surface area contributed by atoms with Gasteiger partial charge >= 0.3 is 0 Å². The third-order valence-electron chi connectivity index (χ3n) is 5.73. The summed E-state index contributed by atoms with van der Waals surface area (Å²) in [6.45, 7) is 3.53. The topological polar surface area (TPSA) is 75.8 Å². The van der Waals surface area contributed by atoms with Gasteiger partial charge in [-0.15, -0.1) is 0 Å². The van der Waals surface area contributed by atoms with Crippen molar-refractivity contribution in [3.05, 3.63) is 53.7 Å². The molecule has 2 fully saturated rings. The summed E-state index contributed by atoms with van der Waals surface area (Å²) in [5, 5.41) is 11.2. The van der Waals surface area contributed by atoms with Gasteiger partial charge in [0.1, 0.15) is 11.4 Å². The molecule has 0 radical (unpaired) electrons. The fourth-order valence-electron chi connectivity index (χ4n) is 4.18. The largest absolute Gasteiger partial charge is 0.469 e. The highest BCUT2D eigenvalue weighted by atomic mass is 16.5. The van der Waals surface area contributed by atoms with Crippen LogP contribution in [0.5, 0.6) is 0 Å². The molecule has 2 aromatic heterocycles. The zero-order valence-electron chi connectivity index (χ0n) is 15.0. The molecule has 0 bridgehead atoms. The molecule has 1 N–H and O–H groups in total. The molecule has 1 spiro atoms. The molecular formula is C20H24N2O4. The molecule has 26 heavy (non-hydrogen) atoms. The fraction of sp³-hybridized carbons (Fsp3) is 0.500. The number of aryl methyl sites for hydroxylation is 1. The van der Waals surface area contributed by atoms with Crippen molar-refractivity contribution in [1.82, 2.24) is 9.88 Å². The van der Waals surface area contributed by atoms with Gasteiger partial charge in [0.15, 0.2) is 0 Å². The van der Waals surface area contributed by atoms with E-state index in [1.54, 1.807) is 25.5 Å². The van der Waals surface area contributed by atoms with Crippen molar-refractivity contribution < 1.29 is 19.1 Å². The lowest BCUT2D eigenvalue weighted by atomic mass is 9.75. The summed E-state index contributed by atoms with van der Waals surface area (Å²) < 4.78 is 11.4. The summed E-state index contributed by atoms with van der Waals surface area (Å²) >= 11 is 0. The van der Waals surface area contributed by atoms with Gasteiger partial charge in [0, 0.05) is 32.1 Å². The lowest BCUT2D eigenvalue weighted by Crippen LogP contribution is -2.54. The van der Waals surface area contributed by atoms with E-state index in [4.69, 9.17) is 9.15 Å². The SMILES string of the molecule is Cc1occc1C(=O)N1CCC2(CC1)CC(O)(c1ccccn1)CCO2. The van der Waals surface area contributed by atoms with E-state index >= 15 is 0 Å². The minimum absolute atomic E-state index is 0.00176. The highest BCUT2D eigenvalue weighted by Gasteiger charge is 2.48. The zero-order valence-corrected chi connectivity index (χ0v) is 15.0. The summed E-state index contributed by atoms with van der Waals surface area (Å²) in [6, 6.07) is 7.35.